The van der Waals surface area contributed by atoms with E-state index < -0.39 is 10.0 Å². The SMILES string of the molecule is O=C(NCCN1CCCC1)c1ccc(Cl)c(S(=O)(=O)N2CCCC2)c1. The Bertz CT molecular complexity index is 727. The van der Waals surface area contributed by atoms with Gasteiger partial charge in [0.1, 0.15) is 4.90 Å². The molecule has 2 heterocycles. The summed E-state index contributed by atoms with van der Waals surface area (Å²) in [5.41, 5.74) is 0.323. The zero-order valence-corrected chi connectivity index (χ0v) is 15.8. The molecule has 1 N–H and O–H groups in total. The van der Waals surface area contributed by atoms with Crippen molar-refractivity contribution in [3.8, 4) is 0 Å². The number of hydrogen-bond donors (Lipinski definition) is 1. The van der Waals surface area contributed by atoms with E-state index in [2.05, 4.69) is 10.2 Å². The highest BCUT2D eigenvalue weighted by Crippen LogP contribution is 2.28. The van der Waals surface area contributed by atoms with Crippen molar-refractivity contribution in [3.05, 3.63) is 28.8 Å². The molecule has 1 amide bonds. The summed E-state index contributed by atoms with van der Waals surface area (Å²) in [5.74, 6) is -0.270. The van der Waals surface area contributed by atoms with E-state index in [1.807, 2.05) is 0 Å². The van der Waals surface area contributed by atoms with Crippen LogP contribution in [0.3, 0.4) is 0 Å². The van der Waals surface area contributed by atoms with Crippen LogP contribution in [0.25, 0.3) is 0 Å². The van der Waals surface area contributed by atoms with Crippen molar-refractivity contribution in [2.45, 2.75) is 30.6 Å². The van der Waals surface area contributed by atoms with Gasteiger partial charge in [0.2, 0.25) is 10.0 Å². The van der Waals surface area contributed by atoms with Gasteiger partial charge in [-0.3, -0.25) is 4.79 Å². The Morgan fingerprint density at radius 2 is 1.72 bits per heavy atom. The van der Waals surface area contributed by atoms with Gasteiger partial charge in [-0.25, -0.2) is 8.42 Å². The van der Waals surface area contributed by atoms with Gasteiger partial charge in [-0.1, -0.05) is 11.6 Å². The number of carbonyl (C=O) groups is 1. The number of sulfonamides is 1. The average Bonchev–Trinajstić information content (AvgIpc) is 3.29. The van der Waals surface area contributed by atoms with Crippen molar-refractivity contribution in [1.29, 1.82) is 0 Å². The van der Waals surface area contributed by atoms with Gasteiger partial charge in [0.05, 0.1) is 5.02 Å². The zero-order chi connectivity index (χ0) is 17.9. The monoisotopic (exact) mass is 385 g/mol. The molecule has 1 aromatic carbocycles. The smallest absolute Gasteiger partial charge is 0.251 e. The van der Waals surface area contributed by atoms with Crippen LogP contribution in [0.1, 0.15) is 36.0 Å². The van der Waals surface area contributed by atoms with Crippen molar-refractivity contribution in [2.75, 3.05) is 39.3 Å². The third-order valence-electron chi connectivity index (χ3n) is 4.79. The lowest BCUT2D eigenvalue weighted by atomic mass is 10.2. The first-order chi connectivity index (χ1) is 12.0. The molecule has 0 radical (unpaired) electrons. The summed E-state index contributed by atoms with van der Waals surface area (Å²) in [5, 5.41) is 3.01. The predicted molar refractivity (Wildman–Crippen MR) is 97.5 cm³/mol. The number of halogens is 1. The minimum absolute atomic E-state index is 0.0169. The number of hydrogen-bond acceptors (Lipinski definition) is 4. The van der Waals surface area contributed by atoms with E-state index in [4.69, 9.17) is 11.6 Å². The Kier molecular flexibility index (Phi) is 5.99. The number of likely N-dealkylation sites (tertiary alicyclic amines) is 1. The van der Waals surface area contributed by atoms with Crippen LogP contribution in [0.5, 0.6) is 0 Å². The summed E-state index contributed by atoms with van der Waals surface area (Å²) in [4.78, 5) is 14.7. The molecule has 0 aliphatic carbocycles. The van der Waals surface area contributed by atoms with Crippen molar-refractivity contribution >= 4 is 27.5 Å². The van der Waals surface area contributed by atoms with Gasteiger partial charge in [0.15, 0.2) is 0 Å². The van der Waals surface area contributed by atoms with Gasteiger partial charge < -0.3 is 10.2 Å². The van der Waals surface area contributed by atoms with E-state index in [9.17, 15) is 13.2 Å². The summed E-state index contributed by atoms with van der Waals surface area (Å²) >= 11 is 6.11. The Hall–Kier alpha value is -1.15. The van der Waals surface area contributed by atoms with Gasteiger partial charge in [-0.2, -0.15) is 4.31 Å². The number of nitrogens with zero attached hydrogens (tertiary/aromatic N) is 2. The summed E-state index contributed by atoms with van der Waals surface area (Å²) in [7, 11) is -3.65. The molecule has 0 atom stereocenters. The van der Waals surface area contributed by atoms with Gasteiger partial charge in [0, 0.05) is 31.7 Å². The van der Waals surface area contributed by atoms with Crippen molar-refractivity contribution in [2.24, 2.45) is 0 Å². The molecule has 25 heavy (non-hydrogen) atoms. The van der Waals surface area contributed by atoms with Crippen LogP contribution in [-0.2, 0) is 10.0 Å². The number of amides is 1. The van der Waals surface area contributed by atoms with Gasteiger partial charge in [-0.05, 0) is 57.0 Å². The van der Waals surface area contributed by atoms with Gasteiger partial charge in [-0.15, -0.1) is 0 Å². The third-order valence-corrected chi connectivity index (χ3v) is 7.17. The average molecular weight is 386 g/mol. The van der Waals surface area contributed by atoms with E-state index in [-0.39, 0.29) is 15.8 Å². The molecule has 0 unspecified atom stereocenters. The molecule has 8 heteroatoms. The molecule has 2 saturated heterocycles. The van der Waals surface area contributed by atoms with E-state index >= 15 is 0 Å². The highest BCUT2D eigenvalue weighted by molar-refractivity contribution is 7.89. The van der Waals surface area contributed by atoms with E-state index in [1.54, 1.807) is 6.07 Å². The Balaban J connectivity index is 1.68. The first-order valence-electron chi connectivity index (χ1n) is 8.79. The quantitative estimate of drug-likeness (QED) is 0.812. The van der Waals surface area contributed by atoms with E-state index in [1.165, 1.54) is 29.3 Å². The highest BCUT2D eigenvalue weighted by atomic mass is 35.5. The standard InChI is InChI=1S/C17H24ClN3O3S/c18-15-6-5-14(17(22)19-7-12-20-8-1-2-9-20)13-16(15)25(23,24)21-10-3-4-11-21/h5-6,13H,1-4,7-12H2,(H,19,22). The molecule has 0 aromatic heterocycles. The summed E-state index contributed by atoms with van der Waals surface area (Å²) in [6.07, 6.45) is 4.13. The summed E-state index contributed by atoms with van der Waals surface area (Å²) < 4.78 is 26.9. The first kappa shape index (κ1) is 18.6. The zero-order valence-electron chi connectivity index (χ0n) is 14.2. The molecule has 2 aliphatic heterocycles. The predicted octanol–water partition coefficient (Wildman–Crippen LogP) is 1.95. The molecule has 2 aliphatic rings. The van der Waals surface area contributed by atoms with Crippen LogP contribution < -0.4 is 5.32 Å². The van der Waals surface area contributed by atoms with Gasteiger partial charge in [0.25, 0.3) is 5.91 Å². The fraction of sp³-hybridized carbons (Fsp3) is 0.588. The maximum Gasteiger partial charge on any atom is 0.251 e. The van der Waals surface area contributed by atoms with Crippen LogP contribution in [0, 0.1) is 0 Å². The van der Waals surface area contributed by atoms with Crippen molar-refractivity contribution in [3.63, 3.8) is 0 Å². The lowest BCUT2D eigenvalue weighted by molar-refractivity contribution is 0.0949. The molecule has 0 spiro atoms. The summed E-state index contributed by atoms with van der Waals surface area (Å²) in [6.45, 7) is 4.54. The number of benzene rings is 1. The van der Waals surface area contributed by atoms with Crippen LogP contribution in [-0.4, -0.2) is 62.8 Å². The minimum atomic E-state index is -3.65. The molecule has 6 nitrogen and oxygen atoms in total. The van der Waals surface area contributed by atoms with E-state index in [0.29, 0.717) is 25.2 Å². The fourth-order valence-electron chi connectivity index (χ4n) is 3.35. The maximum atomic E-state index is 12.7. The number of rotatable bonds is 6. The van der Waals surface area contributed by atoms with Crippen LogP contribution >= 0.6 is 11.6 Å². The molecule has 0 saturated carbocycles. The molecule has 3 rings (SSSR count). The molecule has 0 bridgehead atoms. The van der Waals surface area contributed by atoms with Crippen LogP contribution in [0.2, 0.25) is 5.02 Å². The lowest BCUT2D eigenvalue weighted by Gasteiger charge is -2.17. The fourth-order valence-corrected chi connectivity index (χ4v) is 5.36. The number of nitrogens with one attached hydrogen (secondary N) is 1. The van der Waals surface area contributed by atoms with Crippen LogP contribution in [0.15, 0.2) is 23.1 Å². The Labute approximate surface area is 154 Å². The Morgan fingerprint density at radius 3 is 2.40 bits per heavy atom. The molecule has 1 aromatic rings. The Morgan fingerprint density at radius 1 is 1.08 bits per heavy atom. The summed E-state index contributed by atoms with van der Waals surface area (Å²) in [6, 6.07) is 4.44. The van der Waals surface area contributed by atoms with E-state index in [0.717, 1.165) is 32.5 Å². The second-order valence-corrected chi connectivity index (χ2v) is 8.87. The highest BCUT2D eigenvalue weighted by Gasteiger charge is 2.29. The second kappa shape index (κ2) is 8.03. The minimum Gasteiger partial charge on any atom is -0.351 e. The van der Waals surface area contributed by atoms with Crippen molar-refractivity contribution in [1.82, 2.24) is 14.5 Å². The molecule has 2 fully saturated rings. The topological polar surface area (TPSA) is 69.7 Å². The number of carbonyl (C=O) groups excluding carboxylic acids is 1. The second-order valence-electron chi connectivity index (χ2n) is 6.56. The van der Waals surface area contributed by atoms with Crippen molar-refractivity contribution < 1.29 is 13.2 Å². The largest absolute Gasteiger partial charge is 0.351 e. The molecular formula is C17H24ClN3O3S. The van der Waals surface area contributed by atoms with Gasteiger partial charge >= 0.3 is 0 Å². The first-order valence-corrected chi connectivity index (χ1v) is 10.6. The molecule has 138 valence electrons. The van der Waals surface area contributed by atoms with Crippen LogP contribution in [0.4, 0.5) is 0 Å². The normalized spacial score (nSPS) is 19.4. The molecular weight excluding hydrogens is 362 g/mol. The maximum absolute atomic E-state index is 12.7. The third kappa shape index (κ3) is 4.34. The lowest BCUT2D eigenvalue weighted by Crippen LogP contribution is -2.33.